The summed E-state index contributed by atoms with van der Waals surface area (Å²) in [6.07, 6.45) is 0.679. The van der Waals surface area contributed by atoms with Crippen LogP contribution in [0.5, 0.6) is 0 Å². The van der Waals surface area contributed by atoms with Crippen molar-refractivity contribution in [1.29, 1.82) is 0 Å². The van der Waals surface area contributed by atoms with E-state index in [-0.39, 0.29) is 24.5 Å². The molecule has 15 heavy (non-hydrogen) atoms. The Morgan fingerprint density at radius 2 is 2.33 bits per heavy atom. The molecule has 1 amide bonds. The molecule has 88 valence electrons. The van der Waals surface area contributed by atoms with Gasteiger partial charge in [-0.25, -0.2) is 0 Å². The number of hydrogen-bond donors (Lipinski definition) is 3. The van der Waals surface area contributed by atoms with Gasteiger partial charge in [0.05, 0.1) is 31.3 Å². The molecule has 1 rings (SSSR count). The van der Waals surface area contributed by atoms with Crippen molar-refractivity contribution in [3.8, 4) is 0 Å². The third-order valence-corrected chi connectivity index (χ3v) is 3.02. The molecule has 0 spiro atoms. The average Bonchev–Trinajstić information content (AvgIpc) is 2.64. The number of carbonyl (C=O) groups excluding carboxylic acids is 1. The summed E-state index contributed by atoms with van der Waals surface area (Å²) in [5, 5.41) is 12.0. The Kier molecular flexibility index (Phi) is 4.07. The number of aliphatic hydroxyl groups is 1. The van der Waals surface area contributed by atoms with Crippen molar-refractivity contribution in [3.05, 3.63) is 0 Å². The number of carbonyl (C=O) groups is 1. The molecule has 1 aliphatic rings. The summed E-state index contributed by atoms with van der Waals surface area (Å²) in [6.45, 7) is 4.46. The van der Waals surface area contributed by atoms with E-state index >= 15 is 0 Å². The minimum atomic E-state index is -0.556. The maximum absolute atomic E-state index is 11.8. The standard InChI is InChI=1S/C10H20N2O3/c1-3-10(2,6-13)12-9(14)7-4-15-5-8(7)11/h7-8,13H,3-6,11H2,1-2H3,(H,12,14). The summed E-state index contributed by atoms with van der Waals surface area (Å²) in [4.78, 5) is 11.8. The van der Waals surface area contributed by atoms with Crippen LogP contribution in [0, 0.1) is 5.92 Å². The Labute approximate surface area is 90.0 Å². The zero-order valence-corrected chi connectivity index (χ0v) is 9.32. The number of aliphatic hydroxyl groups excluding tert-OH is 1. The molecule has 0 aliphatic carbocycles. The third kappa shape index (κ3) is 2.90. The first-order chi connectivity index (χ1) is 7.02. The highest BCUT2D eigenvalue weighted by Crippen LogP contribution is 2.15. The van der Waals surface area contributed by atoms with E-state index in [9.17, 15) is 4.79 Å². The summed E-state index contributed by atoms with van der Waals surface area (Å²) in [7, 11) is 0. The minimum absolute atomic E-state index is 0.0714. The largest absolute Gasteiger partial charge is 0.394 e. The van der Waals surface area contributed by atoms with Gasteiger partial charge in [-0.2, -0.15) is 0 Å². The van der Waals surface area contributed by atoms with E-state index in [1.165, 1.54) is 0 Å². The molecule has 0 bridgehead atoms. The minimum Gasteiger partial charge on any atom is -0.394 e. The second-order valence-corrected chi connectivity index (χ2v) is 4.37. The van der Waals surface area contributed by atoms with Gasteiger partial charge in [0.2, 0.25) is 5.91 Å². The topological polar surface area (TPSA) is 84.6 Å². The molecule has 5 heteroatoms. The van der Waals surface area contributed by atoms with Gasteiger partial charge >= 0.3 is 0 Å². The van der Waals surface area contributed by atoms with E-state index in [4.69, 9.17) is 15.6 Å². The van der Waals surface area contributed by atoms with Crippen molar-refractivity contribution < 1.29 is 14.6 Å². The number of ether oxygens (including phenoxy) is 1. The SMILES string of the molecule is CCC(C)(CO)NC(=O)C1COCC1N. The maximum Gasteiger partial charge on any atom is 0.227 e. The maximum atomic E-state index is 11.8. The normalized spacial score (nSPS) is 29.9. The molecule has 3 atom stereocenters. The fraction of sp³-hybridized carbons (Fsp3) is 0.900. The zero-order valence-electron chi connectivity index (χ0n) is 9.32. The molecule has 0 radical (unpaired) electrons. The summed E-state index contributed by atoms with van der Waals surface area (Å²) in [5.74, 6) is -0.416. The fourth-order valence-electron chi connectivity index (χ4n) is 1.47. The number of nitrogens with one attached hydrogen (secondary N) is 1. The van der Waals surface area contributed by atoms with Crippen molar-refractivity contribution in [2.24, 2.45) is 11.7 Å². The van der Waals surface area contributed by atoms with Crippen LogP contribution < -0.4 is 11.1 Å². The molecule has 4 N–H and O–H groups in total. The van der Waals surface area contributed by atoms with Crippen LogP contribution in [0.3, 0.4) is 0 Å². The van der Waals surface area contributed by atoms with Crippen molar-refractivity contribution in [2.45, 2.75) is 31.8 Å². The van der Waals surface area contributed by atoms with Crippen LogP contribution >= 0.6 is 0 Å². The molecular weight excluding hydrogens is 196 g/mol. The lowest BCUT2D eigenvalue weighted by Crippen LogP contribution is -2.53. The highest BCUT2D eigenvalue weighted by molar-refractivity contribution is 5.80. The Bertz CT molecular complexity index is 229. The quantitative estimate of drug-likeness (QED) is 0.576. The number of rotatable bonds is 4. The Morgan fingerprint density at radius 3 is 2.73 bits per heavy atom. The number of amides is 1. The zero-order chi connectivity index (χ0) is 11.5. The Morgan fingerprint density at radius 1 is 1.67 bits per heavy atom. The van der Waals surface area contributed by atoms with E-state index in [1.807, 2.05) is 13.8 Å². The van der Waals surface area contributed by atoms with Crippen LogP contribution in [0.2, 0.25) is 0 Å². The summed E-state index contributed by atoms with van der Waals surface area (Å²) in [6, 6.07) is -0.232. The third-order valence-electron chi connectivity index (χ3n) is 3.02. The van der Waals surface area contributed by atoms with Crippen LogP contribution in [0.4, 0.5) is 0 Å². The molecule has 1 heterocycles. The first-order valence-corrected chi connectivity index (χ1v) is 5.28. The molecule has 5 nitrogen and oxygen atoms in total. The van der Waals surface area contributed by atoms with Crippen LogP contribution in [0.15, 0.2) is 0 Å². The van der Waals surface area contributed by atoms with Gasteiger partial charge in [0, 0.05) is 6.04 Å². The Hall–Kier alpha value is -0.650. The molecule has 0 saturated carbocycles. The van der Waals surface area contributed by atoms with E-state index in [2.05, 4.69) is 5.32 Å². The average molecular weight is 216 g/mol. The lowest BCUT2D eigenvalue weighted by Gasteiger charge is -2.29. The number of nitrogens with two attached hydrogens (primary N) is 1. The molecule has 1 fully saturated rings. The first kappa shape index (κ1) is 12.4. The first-order valence-electron chi connectivity index (χ1n) is 5.28. The second kappa shape index (κ2) is 4.92. The van der Waals surface area contributed by atoms with E-state index < -0.39 is 5.54 Å². The highest BCUT2D eigenvalue weighted by Gasteiger charge is 2.34. The lowest BCUT2D eigenvalue weighted by molar-refractivity contribution is -0.127. The van der Waals surface area contributed by atoms with Gasteiger partial charge in [-0.3, -0.25) is 4.79 Å². The molecule has 0 aromatic carbocycles. The highest BCUT2D eigenvalue weighted by atomic mass is 16.5. The van der Waals surface area contributed by atoms with E-state index in [1.54, 1.807) is 0 Å². The van der Waals surface area contributed by atoms with E-state index in [0.717, 1.165) is 0 Å². The van der Waals surface area contributed by atoms with Gasteiger partial charge in [0.15, 0.2) is 0 Å². The summed E-state index contributed by atoms with van der Waals surface area (Å²) >= 11 is 0. The number of hydrogen-bond acceptors (Lipinski definition) is 4. The molecule has 1 saturated heterocycles. The van der Waals surface area contributed by atoms with Crippen molar-refractivity contribution in [2.75, 3.05) is 19.8 Å². The van der Waals surface area contributed by atoms with Gasteiger partial charge in [0.25, 0.3) is 0 Å². The summed E-state index contributed by atoms with van der Waals surface area (Å²) in [5.41, 5.74) is 5.18. The van der Waals surface area contributed by atoms with Crippen LogP contribution in [-0.4, -0.2) is 42.4 Å². The molecular formula is C10H20N2O3. The fourth-order valence-corrected chi connectivity index (χ4v) is 1.47. The van der Waals surface area contributed by atoms with Crippen molar-refractivity contribution in [3.63, 3.8) is 0 Å². The summed E-state index contributed by atoms with van der Waals surface area (Å²) < 4.78 is 5.12. The molecule has 1 aliphatic heterocycles. The molecule has 0 aromatic heterocycles. The van der Waals surface area contributed by atoms with Crippen LogP contribution in [0.25, 0.3) is 0 Å². The van der Waals surface area contributed by atoms with Gasteiger partial charge in [-0.05, 0) is 13.3 Å². The van der Waals surface area contributed by atoms with Gasteiger partial charge in [-0.15, -0.1) is 0 Å². The predicted molar refractivity (Wildman–Crippen MR) is 56.2 cm³/mol. The van der Waals surface area contributed by atoms with Crippen LogP contribution in [0.1, 0.15) is 20.3 Å². The smallest absolute Gasteiger partial charge is 0.227 e. The lowest BCUT2D eigenvalue weighted by atomic mass is 9.97. The van der Waals surface area contributed by atoms with Gasteiger partial charge in [-0.1, -0.05) is 6.92 Å². The predicted octanol–water partition coefficient (Wildman–Crippen LogP) is -0.763. The molecule has 3 unspecified atom stereocenters. The van der Waals surface area contributed by atoms with Gasteiger partial charge in [0.1, 0.15) is 0 Å². The second-order valence-electron chi connectivity index (χ2n) is 4.37. The van der Waals surface area contributed by atoms with Crippen LogP contribution in [-0.2, 0) is 9.53 Å². The van der Waals surface area contributed by atoms with E-state index in [0.29, 0.717) is 19.6 Å². The monoisotopic (exact) mass is 216 g/mol. The van der Waals surface area contributed by atoms with Gasteiger partial charge < -0.3 is 20.9 Å². The van der Waals surface area contributed by atoms with Crippen molar-refractivity contribution in [1.82, 2.24) is 5.32 Å². The molecule has 0 aromatic rings. The van der Waals surface area contributed by atoms with Crippen molar-refractivity contribution >= 4 is 5.91 Å². The Balaban J connectivity index is 2.54.